The summed E-state index contributed by atoms with van der Waals surface area (Å²) in [6.45, 7) is 1.79. The lowest BCUT2D eigenvalue weighted by Crippen LogP contribution is -2.11. The molecule has 116 valence electrons. The first-order valence-corrected chi connectivity index (χ1v) is 8.84. The predicted molar refractivity (Wildman–Crippen MR) is 86.5 cm³/mol. The minimum Gasteiger partial charge on any atom is -0.355 e. The van der Waals surface area contributed by atoms with E-state index in [9.17, 15) is 8.42 Å². The van der Waals surface area contributed by atoms with Crippen molar-refractivity contribution in [3.8, 4) is 16.7 Å². The normalized spacial score (nSPS) is 11.1. The fourth-order valence-corrected chi connectivity index (χ4v) is 4.24. The molecular weight excluding hydrogens is 334 g/mol. The molecule has 0 bridgehead atoms. The Labute approximate surface area is 137 Å². The highest BCUT2D eigenvalue weighted by Crippen LogP contribution is 2.32. The zero-order valence-corrected chi connectivity index (χ0v) is 13.6. The number of benzene rings is 1. The lowest BCUT2D eigenvalue weighted by molar-refractivity contribution is 0.428. The lowest BCUT2D eigenvalue weighted by Gasteiger charge is -2.06. The summed E-state index contributed by atoms with van der Waals surface area (Å²) >= 11 is 1.09. The Hall–Kier alpha value is -2.63. The van der Waals surface area contributed by atoms with E-state index in [-0.39, 0.29) is 4.21 Å². The third-order valence-electron chi connectivity index (χ3n) is 2.96. The first kappa shape index (κ1) is 15.3. The number of nitrogens with zero attached hydrogens (tertiary/aromatic N) is 2. The van der Waals surface area contributed by atoms with Crippen LogP contribution in [0.3, 0.4) is 0 Å². The molecule has 3 rings (SSSR count). The Morgan fingerprint density at radius 2 is 2.09 bits per heavy atom. The van der Waals surface area contributed by atoms with Crippen molar-refractivity contribution < 1.29 is 12.9 Å². The average Bonchev–Trinajstić information content (AvgIpc) is 3.16. The Balaban J connectivity index is 1.88. The van der Waals surface area contributed by atoms with Crippen molar-refractivity contribution in [2.24, 2.45) is 0 Å². The highest BCUT2D eigenvalue weighted by Gasteiger charge is 2.19. The number of nitrogens with one attached hydrogen (secondary N) is 1. The number of aromatic nitrogens is 1. The number of hydrogen-bond acceptors (Lipinski definition) is 6. The summed E-state index contributed by atoms with van der Waals surface area (Å²) in [4.78, 5) is 0.678. The van der Waals surface area contributed by atoms with Gasteiger partial charge in [-0.2, -0.15) is 5.26 Å². The van der Waals surface area contributed by atoms with Gasteiger partial charge in [-0.3, -0.25) is 4.72 Å². The molecule has 1 aromatic carbocycles. The fourth-order valence-electron chi connectivity index (χ4n) is 1.93. The molecular formula is C15H11N3O3S2. The van der Waals surface area contributed by atoms with E-state index in [4.69, 9.17) is 9.78 Å². The molecule has 3 aromatic rings. The molecule has 0 fully saturated rings. The number of sulfonamides is 1. The molecule has 6 nitrogen and oxygen atoms in total. The molecule has 0 aliphatic heterocycles. The smallest absolute Gasteiger partial charge is 0.271 e. The number of hydrogen-bond donors (Lipinski definition) is 1. The van der Waals surface area contributed by atoms with E-state index in [0.717, 1.165) is 17.0 Å². The third-order valence-corrected chi connectivity index (χ3v) is 5.93. The highest BCUT2D eigenvalue weighted by atomic mass is 32.2. The molecule has 0 atom stereocenters. The molecule has 0 saturated heterocycles. The number of aryl methyl sites for hydroxylation is 1. The summed E-state index contributed by atoms with van der Waals surface area (Å²) in [7, 11) is -3.72. The summed E-state index contributed by atoms with van der Waals surface area (Å²) in [6.07, 6.45) is 0. The standard InChI is InChI=1S/C15H11N3O3S2/c1-10-7-13(21-17-10)14-5-6-15(22-14)23(19,20)18-12-4-2-3-11(8-12)9-16/h2-8,18H,1H3. The minimum atomic E-state index is -3.72. The van der Waals surface area contributed by atoms with Gasteiger partial charge >= 0.3 is 0 Å². The largest absolute Gasteiger partial charge is 0.355 e. The summed E-state index contributed by atoms with van der Waals surface area (Å²) in [5, 5.41) is 12.7. The van der Waals surface area contributed by atoms with Crippen LogP contribution in [0, 0.1) is 18.3 Å². The van der Waals surface area contributed by atoms with E-state index in [0.29, 0.717) is 21.9 Å². The molecule has 1 N–H and O–H groups in total. The van der Waals surface area contributed by atoms with E-state index in [1.807, 2.05) is 6.07 Å². The Morgan fingerprint density at radius 1 is 1.26 bits per heavy atom. The van der Waals surface area contributed by atoms with Crippen molar-refractivity contribution in [2.75, 3.05) is 4.72 Å². The van der Waals surface area contributed by atoms with Crippen molar-refractivity contribution in [3.63, 3.8) is 0 Å². The second-order valence-corrected chi connectivity index (χ2v) is 7.74. The Kier molecular flexibility index (Phi) is 3.90. The zero-order valence-electron chi connectivity index (χ0n) is 12.0. The predicted octanol–water partition coefficient (Wildman–Crippen LogP) is 3.38. The SMILES string of the molecule is Cc1cc(-c2ccc(S(=O)(=O)Nc3cccc(C#N)c3)s2)on1. The molecule has 0 amide bonds. The molecule has 0 aliphatic rings. The van der Waals surface area contributed by atoms with Crippen LogP contribution in [0.25, 0.3) is 10.6 Å². The highest BCUT2D eigenvalue weighted by molar-refractivity contribution is 7.94. The monoisotopic (exact) mass is 345 g/mol. The maximum atomic E-state index is 12.4. The van der Waals surface area contributed by atoms with Gasteiger partial charge in [-0.05, 0) is 37.3 Å². The van der Waals surface area contributed by atoms with Crippen LogP contribution < -0.4 is 4.72 Å². The van der Waals surface area contributed by atoms with E-state index in [1.54, 1.807) is 37.3 Å². The molecule has 2 heterocycles. The summed E-state index contributed by atoms with van der Waals surface area (Å²) in [5.41, 5.74) is 1.45. The molecule has 8 heteroatoms. The third kappa shape index (κ3) is 3.26. The number of thiophene rings is 1. The number of rotatable bonds is 4. The van der Waals surface area contributed by atoms with Crippen molar-refractivity contribution >= 4 is 27.0 Å². The van der Waals surface area contributed by atoms with Crippen LogP contribution in [0.5, 0.6) is 0 Å². The van der Waals surface area contributed by atoms with Gasteiger partial charge in [0.1, 0.15) is 4.21 Å². The van der Waals surface area contributed by atoms with Crippen molar-refractivity contribution in [2.45, 2.75) is 11.1 Å². The Morgan fingerprint density at radius 3 is 2.78 bits per heavy atom. The van der Waals surface area contributed by atoms with Crippen LogP contribution in [0.1, 0.15) is 11.3 Å². The van der Waals surface area contributed by atoms with Crippen molar-refractivity contribution in [1.29, 1.82) is 5.26 Å². The van der Waals surface area contributed by atoms with Gasteiger partial charge in [-0.25, -0.2) is 8.42 Å². The number of anilines is 1. The van der Waals surface area contributed by atoms with E-state index in [2.05, 4.69) is 9.88 Å². The van der Waals surface area contributed by atoms with Gasteiger partial charge < -0.3 is 4.52 Å². The molecule has 0 aliphatic carbocycles. The van der Waals surface area contributed by atoms with E-state index >= 15 is 0 Å². The summed E-state index contributed by atoms with van der Waals surface area (Å²) < 4.78 is 32.6. The summed E-state index contributed by atoms with van der Waals surface area (Å²) in [5.74, 6) is 0.528. The molecule has 0 spiro atoms. The van der Waals surface area contributed by atoms with Crippen molar-refractivity contribution in [3.05, 3.63) is 53.7 Å². The average molecular weight is 345 g/mol. The van der Waals surface area contributed by atoms with Gasteiger partial charge in [-0.15, -0.1) is 11.3 Å². The molecule has 23 heavy (non-hydrogen) atoms. The van der Waals surface area contributed by atoms with Gasteiger partial charge in [-0.1, -0.05) is 11.2 Å². The minimum absolute atomic E-state index is 0.156. The summed E-state index contributed by atoms with van der Waals surface area (Å²) in [6, 6.07) is 13.2. The maximum absolute atomic E-state index is 12.4. The first-order chi connectivity index (χ1) is 11.0. The second-order valence-electron chi connectivity index (χ2n) is 4.75. The van der Waals surface area contributed by atoms with Gasteiger partial charge in [0, 0.05) is 6.07 Å². The van der Waals surface area contributed by atoms with Gasteiger partial charge in [0.15, 0.2) is 5.76 Å². The topological polar surface area (TPSA) is 96.0 Å². The van der Waals surface area contributed by atoms with Gasteiger partial charge in [0.25, 0.3) is 10.0 Å². The first-order valence-electron chi connectivity index (χ1n) is 6.54. The van der Waals surface area contributed by atoms with Crippen LogP contribution >= 0.6 is 11.3 Å². The van der Waals surface area contributed by atoms with Gasteiger partial charge in [0.05, 0.1) is 27.9 Å². The van der Waals surface area contributed by atoms with Gasteiger partial charge in [0.2, 0.25) is 0 Å². The lowest BCUT2D eigenvalue weighted by atomic mass is 10.2. The van der Waals surface area contributed by atoms with Crippen LogP contribution in [0.4, 0.5) is 5.69 Å². The maximum Gasteiger partial charge on any atom is 0.271 e. The van der Waals surface area contributed by atoms with Crippen molar-refractivity contribution in [1.82, 2.24) is 5.16 Å². The van der Waals surface area contributed by atoms with Crippen LogP contribution in [-0.4, -0.2) is 13.6 Å². The molecule has 0 unspecified atom stereocenters. The van der Waals surface area contributed by atoms with Crippen LogP contribution in [0.2, 0.25) is 0 Å². The van der Waals surface area contributed by atoms with Crippen LogP contribution in [-0.2, 0) is 10.0 Å². The quantitative estimate of drug-likeness (QED) is 0.782. The molecule has 0 radical (unpaired) electrons. The Bertz CT molecular complexity index is 997. The number of nitriles is 1. The zero-order chi connectivity index (χ0) is 16.4. The van der Waals surface area contributed by atoms with E-state index in [1.165, 1.54) is 12.1 Å². The second kappa shape index (κ2) is 5.87. The fraction of sp³-hybridized carbons (Fsp3) is 0.0667. The van der Waals surface area contributed by atoms with Crippen LogP contribution in [0.15, 0.2) is 51.2 Å². The molecule has 0 saturated carbocycles. The van der Waals surface area contributed by atoms with E-state index < -0.39 is 10.0 Å². The molecule has 2 aromatic heterocycles.